The average molecular weight is 392 g/mol. The normalized spacial score (nSPS) is 35.4. The SMILES string of the molecule is CC12OC(CCO)(C[C@H]1O)[C@@H]1C(=O)N(c3ccc(C#N)c4ccccc34)C(=O)C12. The summed E-state index contributed by atoms with van der Waals surface area (Å²) in [6.45, 7) is 1.47. The first-order chi connectivity index (χ1) is 13.9. The van der Waals surface area contributed by atoms with E-state index in [0.29, 0.717) is 22.0 Å². The maximum Gasteiger partial charge on any atom is 0.240 e. The van der Waals surface area contributed by atoms with Gasteiger partial charge in [0, 0.05) is 30.2 Å². The second-order valence-corrected chi connectivity index (χ2v) is 8.30. The molecular weight excluding hydrogens is 372 g/mol. The molecule has 3 aliphatic rings. The fourth-order valence-corrected chi connectivity index (χ4v) is 5.63. The number of ether oxygens (including phenoxy) is 1. The van der Waals surface area contributed by atoms with Crippen molar-refractivity contribution in [3.8, 4) is 6.07 Å². The number of rotatable bonds is 3. The molecule has 5 atom stereocenters. The number of fused-ring (bicyclic) bond motifs is 6. The fraction of sp³-hybridized carbons (Fsp3) is 0.409. The van der Waals surface area contributed by atoms with Gasteiger partial charge in [0.2, 0.25) is 11.8 Å². The number of benzene rings is 2. The smallest absolute Gasteiger partial charge is 0.240 e. The van der Waals surface area contributed by atoms with E-state index >= 15 is 0 Å². The molecule has 2 amide bonds. The number of anilines is 1. The third-order valence-electron chi connectivity index (χ3n) is 6.91. The van der Waals surface area contributed by atoms with Gasteiger partial charge in [-0.25, -0.2) is 4.90 Å². The minimum Gasteiger partial charge on any atom is -0.396 e. The highest BCUT2D eigenvalue weighted by atomic mass is 16.6. The molecule has 2 aromatic rings. The molecule has 2 bridgehead atoms. The van der Waals surface area contributed by atoms with Crippen LogP contribution in [-0.4, -0.2) is 45.9 Å². The van der Waals surface area contributed by atoms with Crippen LogP contribution in [0.4, 0.5) is 5.69 Å². The topological polar surface area (TPSA) is 111 Å². The van der Waals surface area contributed by atoms with Crippen molar-refractivity contribution in [2.75, 3.05) is 11.5 Å². The van der Waals surface area contributed by atoms with Crippen LogP contribution in [0, 0.1) is 23.2 Å². The molecule has 7 heteroatoms. The largest absolute Gasteiger partial charge is 0.396 e. The van der Waals surface area contributed by atoms with Crippen LogP contribution in [0.2, 0.25) is 0 Å². The lowest BCUT2D eigenvalue weighted by Gasteiger charge is -2.33. The highest BCUT2D eigenvalue weighted by molar-refractivity contribution is 6.26. The predicted molar refractivity (Wildman–Crippen MR) is 103 cm³/mol. The van der Waals surface area contributed by atoms with Gasteiger partial charge in [-0.2, -0.15) is 5.26 Å². The highest BCUT2D eigenvalue weighted by Gasteiger charge is 2.76. The summed E-state index contributed by atoms with van der Waals surface area (Å²) in [5.41, 5.74) is -1.31. The Balaban J connectivity index is 1.68. The van der Waals surface area contributed by atoms with Crippen molar-refractivity contribution >= 4 is 28.3 Å². The van der Waals surface area contributed by atoms with Crippen molar-refractivity contribution in [1.82, 2.24) is 0 Å². The van der Waals surface area contributed by atoms with Gasteiger partial charge in [0.1, 0.15) is 5.60 Å². The lowest BCUT2D eigenvalue weighted by Crippen LogP contribution is -2.49. The standard InChI is InChI=1S/C22H20N2O5/c1-21-16(26)10-22(29-21,8-9-25)18-17(21)19(27)24(20(18)28)15-7-6-12(11-23)13-4-2-3-5-14(13)15/h2-7,16-18,25-26H,8-10H2,1H3/t16-,17?,18+,21?,22?/m1/s1. The molecule has 7 nitrogen and oxygen atoms in total. The van der Waals surface area contributed by atoms with E-state index in [1.807, 2.05) is 0 Å². The predicted octanol–water partition coefficient (Wildman–Crippen LogP) is 1.49. The molecule has 0 radical (unpaired) electrons. The molecule has 0 aliphatic carbocycles. The summed E-state index contributed by atoms with van der Waals surface area (Å²) >= 11 is 0. The van der Waals surface area contributed by atoms with Crippen LogP contribution in [0.1, 0.15) is 25.3 Å². The van der Waals surface area contributed by atoms with Crippen LogP contribution < -0.4 is 4.90 Å². The number of aliphatic hydroxyl groups is 2. The molecule has 29 heavy (non-hydrogen) atoms. The van der Waals surface area contributed by atoms with Gasteiger partial charge in [-0.15, -0.1) is 0 Å². The van der Waals surface area contributed by atoms with Gasteiger partial charge in [0.05, 0.1) is 40.9 Å². The molecule has 2 aromatic carbocycles. The zero-order valence-electron chi connectivity index (χ0n) is 15.8. The molecule has 0 aromatic heterocycles. The van der Waals surface area contributed by atoms with E-state index in [0.717, 1.165) is 0 Å². The number of imide groups is 1. The highest BCUT2D eigenvalue weighted by Crippen LogP contribution is 2.62. The molecular formula is C22H20N2O5. The Kier molecular flexibility index (Phi) is 3.69. The maximum absolute atomic E-state index is 13.5. The Morgan fingerprint density at radius 1 is 1.17 bits per heavy atom. The Labute approximate surface area is 167 Å². The molecule has 3 saturated heterocycles. The summed E-state index contributed by atoms with van der Waals surface area (Å²) in [6.07, 6.45) is -0.488. The summed E-state index contributed by atoms with van der Waals surface area (Å²) in [4.78, 5) is 28.2. The van der Waals surface area contributed by atoms with E-state index in [4.69, 9.17) is 4.74 Å². The Morgan fingerprint density at radius 2 is 1.86 bits per heavy atom. The van der Waals surface area contributed by atoms with E-state index in [1.54, 1.807) is 43.3 Å². The summed E-state index contributed by atoms with van der Waals surface area (Å²) in [5.74, 6) is -2.33. The van der Waals surface area contributed by atoms with Gasteiger partial charge in [0.15, 0.2) is 0 Å². The third kappa shape index (κ3) is 2.11. The molecule has 3 aliphatic heterocycles. The van der Waals surface area contributed by atoms with E-state index in [1.165, 1.54) is 4.90 Å². The van der Waals surface area contributed by atoms with Gasteiger partial charge in [-0.1, -0.05) is 24.3 Å². The van der Waals surface area contributed by atoms with Crippen LogP contribution >= 0.6 is 0 Å². The summed E-state index contributed by atoms with van der Waals surface area (Å²) < 4.78 is 6.09. The van der Waals surface area contributed by atoms with E-state index in [-0.39, 0.29) is 25.4 Å². The minimum absolute atomic E-state index is 0.182. The number of nitrogens with zero attached hydrogens (tertiary/aromatic N) is 2. The molecule has 0 saturated carbocycles. The quantitative estimate of drug-likeness (QED) is 0.766. The number of carbonyl (C=O) groups is 2. The lowest BCUT2D eigenvalue weighted by atomic mass is 9.66. The Hall–Kier alpha value is -2.79. The van der Waals surface area contributed by atoms with Gasteiger partial charge in [-0.3, -0.25) is 9.59 Å². The number of hydrogen-bond acceptors (Lipinski definition) is 6. The average Bonchev–Trinajstić information content (AvgIpc) is 3.23. The summed E-state index contributed by atoms with van der Waals surface area (Å²) in [6, 6.07) is 12.5. The molecule has 3 unspecified atom stereocenters. The molecule has 0 spiro atoms. The van der Waals surface area contributed by atoms with Crippen molar-refractivity contribution < 1.29 is 24.5 Å². The Bertz CT molecular complexity index is 1110. The van der Waals surface area contributed by atoms with Crippen LogP contribution in [0.25, 0.3) is 10.8 Å². The zero-order chi connectivity index (χ0) is 20.6. The molecule has 148 valence electrons. The van der Waals surface area contributed by atoms with Gasteiger partial charge >= 0.3 is 0 Å². The van der Waals surface area contributed by atoms with Gasteiger partial charge in [0.25, 0.3) is 0 Å². The first kappa shape index (κ1) is 18.3. The second-order valence-electron chi connectivity index (χ2n) is 8.30. The number of aliphatic hydroxyl groups excluding tert-OH is 2. The van der Waals surface area contributed by atoms with Crippen molar-refractivity contribution in [2.45, 2.75) is 37.1 Å². The van der Waals surface area contributed by atoms with Gasteiger partial charge in [-0.05, 0) is 19.1 Å². The number of hydrogen-bond donors (Lipinski definition) is 2. The van der Waals surface area contributed by atoms with Crippen molar-refractivity contribution in [3.05, 3.63) is 42.0 Å². The van der Waals surface area contributed by atoms with Crippen LogP contribution in [0.5, 0.6) is 0 Å². The zero-order valence-corrected chi connectivity index (χ0v) is 15.8. The van der Waals surface area contributed by atoms with Crippen molar-refractivity contribution in [3.63, 3.8) is 0 Å². The lowest BCUT2D eigenvalue weighted by molar-refractivity contribution is -0.134. The van der Waals surface area contributed by atoms with Crippen LogP contribution in [-0.2, 0) is 14.3 Å². The second kappa shape index (κ2) is 5.86. The molecule has 3 fully saturated rings. The first-order valence-corrected chi connectivity index (χ1v) is 9.67. The number of carbonyl (C=O) groups excluding carboxylic acids is 2. The Morgan fingerprint density at radius 3 is 2.55 bits per heavy atom. The van der Waals surface area contributed by atoms with E-state index in [9.17, 15) is 25.1 Å². The van der Waals surface area contributed by atoms with Crippen molar-refractivity contribution in [1.29, 1.82) is 5.26 Å². The van der Waals surface area contributed by atoms with E-state index in [2.05, 4.69) is 6.07 Å². The first-order valence-electron chi connectivity index (χ1n) is 9.67. The molecule has 3 heterocycles. The fourth-order valence-electron chi connectivity index (χ4n) is 5.63. The summed E-state index contributed by atoms with van der Waals surface area (Å²) in [7, 11) is 0. The molecule has 5 rings (SSSR count). The maximum atomic E-state index is 13.5. The van der Waals surface area contributed by atoms with Gasteiger partial charge < -0.3 is 14.9 Å². The van der Waals surface area contributed by atoms with Crippen LogP contribution in [0.3, 0.4) is 0 Å². The minimum atomic E-state index is -1.16. The van der Waals surface area contributed by atoms with Crippen molar-refractivity contribution in [2.24, 2.45) is 11.8 Å². The number of nitriles is 1. The molecule has 2 N–H and O–H groups in total. The van der Waals surface area contributed by atoms with E-state index < -0.39 is 35.0 Å². The monoisotopic (exact) mass is 392 g/mol. The van der Waals surface area contributed by atoms with Crippen LogP contribution in [0.15, 0.2) is 36.4 Å². The third-order valence-corrected chi connectivity index (χ3v) is 6.91. The summed E-state index contributed by atoms with van der Waals surface area (Å²) in [5, 5.41) is 30.9. The number of amides is 2.